The number of methoxy groups -OCH3 is 2. The smallest absolute Gasteiger partial charge is 0.338 e. The minimum atomic E-state index is -0.860. The number of halogens is 4. The second-order valence-electron chi connectivity index (χ2n) is 26.2. The molecule has 530 valence electrons. The molecule has 0 saturated carbocycles. The number of rotatable bonds is 19. The largest absolute Gasteiger partial charge is 0.513 e. The van der Waals surface area contributed by atoms with Gasteiger partial charge in [0, 0.05) is 144 Å². The van der Waals surface area contributed by atoms with E-state index < -0.39 is 41.1 Å². The number of benzene rings is 5. The van der Waals surface area contributed by atoms with Crippen LogP contribution in [0.1, 0.15) is 71.5 Å². The number of ether oxygens (including phenoxy) is 2. The lowest BCUT2D eigenvalue weighted by molar-refractivity contribution is -0.137. The van der Waals surface area contributed by atoms with Crippen LogP contribution in [0.25, 0.3) is 22.4 Å². The minimum Gasteiger partial charge on any atom is -0.513 e. The van der Waals surface area contributed by atoms with Gasteiger partial charge < -0.3 is 35.0 Å². The zero-order valence-corrected chi connectivity index (χ0v) is 60.1. The van der Waals surface area contributed by atoms with Crippen molar-refractivity contribution in [3.63, 3.8) is 0 Å². The van der Waals surface area contributed by atoms with Crippen molar-refractivity contribution in [2.24, 2.45) is 9.98 Å². The number of aryl methyl sites for hydroxylation is 1. The Kier molecular flexibility index (Phi) is 21.1. The zero-order chi connectivity index (χ0) is 72.4. The summed E-state index contributed by atoms with van der Waals surface area (Å²) in [5.74, 6) is -0.918. The number of aliphatic hydroxyl groups excluding tert-OH is 1. The molecule has 0 unspecified atom stereocenters. The summed E-state index contributed by atoms with van der Waals surface area (Å²) in [5.41, 5.74) is 9.48. The van der Waals surface area contributed by atoms with Crippen LogP contribution in [0.5, 0.6) is 0 Å². The number of amidine groups is 2. The van der Waals surface area contributed by atoms with Crippen molar-refractivity contribution in [3.8, 4) is 22.4 Å². The van der Waals surface area contributed by atoms with Crippen LogP contribution in [0, 0.1) is 11.6 Å². The molecule has 4 fully saturated rings. The van der Waals surface area contributed by atoms with Crippen molar-refractivity contribution in [1.82, 2.24) is 45.2 Å². The minimum absolute atomic E-state index is 0.0308. The van der Waals surface area contributed by atoms with Crippen molar-refractivity contribution in [2.45, 2.75) is 63.2 Å². The molecule has 21 nitrogen and oxygen atoms in total. The number of ketones is 1. The monoisotopic (exact) mass is 1470 g/mol. The number of carbonyl (C=O) groups is 5. The predicted octanol–water partition coefficient (Wildman–Crippen LogP) is 12.8. The van der Waals surface area contributed by atoms with E-state index in [-0.39, 0.29) is 56.9 Å². The highest BCUT2D eigenvalue weighted by atomic mass is 35.5. The van der Waals surface area contributed by atoms with Crippen LogP contribution in [0.4, 0.5) is 29.7 Å². The second-order valence-corrected chi connectivity index (χ2v) is 28.8. The first-order valence-electron chi connectivity index (χ1n) is 33.4. The third-order valence-corrected chi connectivity index (χ3v) is 21.7. The molecule has 103 heavy (non-hydrogen) atoms. The van der Waals surface area contributed by atoms with Gasteiger partial charge in [0.15, 0.2) is 21.7 Å². The van der Waals surface area contributed by atoms with Crippen LogP contribution < -0.4 is 20.4 Å². The fourth-order valence-electron chi connectivity index (χ4n) is 13.6. The van der Waals surface area contributed by atoms with Gasteiger partial charge in [-0.25, -0.2) is 37.9 Å². The average molecular weight is 1470 g/mol. The number of carbonyl (C=O) groups excluding carboxylic acids is 5. The normalized spacial score (nSPS) is 19.2. The number of nitrogens with zero attached hydrogens (tertiary/aromatic N) is 11. The van der Waals surface area contributed by atoms with Crippen molar-refractivity contribution in [1.29, 1.82) is 0 Å². The van der Waals surface area contributed by atoms with Crippen molar-refractivity contribution < 1.29 is 47.3 Å². The van der Waals surface area contributed by atoms with Gasteiger partial charge in [0.1, 0.15) is 29.5 Å². The van der Waals surface area contributed by atoms with Crippen LogP contribution in [-0.2, 0) is 35.7 Å². The summed E-state index contributed by atoms with van der Waals surface area (Å²) in [6.45, 7) is 14.0. The van der Waals surface area contributed by atoms with Crippen LogP contribution in [-0.4, -0.2) is 173 Å². The van der Waals surface area contributed by atoms with Crippen LogP contribution in [0.3, 0.4) is 0 Å². The lowest BCUT2D eigenvalue weighted by atomic mass is 9.81. The number of piperazine rings is 2. The maximum atomic E-state index is 14.1. The number of esters is 2. The topological polar surface area (TPSA) is 231 Å². The third kappa shape index (κ3) is 15.3. The summed E-state index contributed by atoms with van der Waals surface area (Å²) in [7, 11) is 2.62. The zero-order valence-electron chi connectivity index (χ0n) is 57.0. The van der Waals surface area contributed by atoms with Gasteiger partial charge >= 0.3 is 24.0 Å². The van der Waals surface area contributed by atoms with Crippen LogP contribution >= 0.6 is 45.9 Å². The lowest BCUT2D eigenvalue weighted by Gasteiger charge is -2.38. The molecule has 9 heterocycles. The Balaban J connectivity index is 0.000000183. The number of thiazole rings is 2. The number of pyridine rings is 1. The molecular formula is C76H73Cl2F2N13O8S2. The van der Waals surface area contributed by atoms with Crippen molar-refractivity contribution >= 4 is 98.7 Å². The Hall–Kier alpha value is -10.0. The molecule has 0 spiro atoms. The first-order valence-corrected chi connectivity index (χ1v) is 35.9. The fraction of sp³-hybridized carbons (Fsp3) is 0.289. The number of fused-ring (bicyclic) bond motifs is 2. The quantitative estimate of drug-likeness (QED) is 0.0505. The number of hydrogen-bond acceptors (Lipinski definition) is 19. The van der Waals surface area contributed by atoms with Crippen LogP contribution in [0.15, 0.2) is 196 Å². The molecule has 8 aromatic rings. The molecule has 4 saturated heterocycles. The Bertz CT molecular complexity index is 4690. The standard InChI is InChI=1S/C38H37ClFN7O4S.C38H36ClFN6O4S/c1-22(48)38(2,3)24-7-5-23(6-8-24)30-12-10-26(18-42-30)47-20-27-19-45(14-15-46(27)37(47)50)21-31-32(36(49)51-4)33(28-11-9-25(40)17-29(28)39)44-34(43-31)35-41-13-16-52-35;1-23(47)3-4-24-5-7-25(8-6-24)26-9-12-28(13-10-26)46-21-29-20-44(16-17-45(29)38(46)49)22-32-33(37(48)50-2)34(30-14-11-27(40)19-31(30)39)43-35(42-32)36-41-15-18-51-36/h5-13,16-18,27,33H,14-15,19-21H2,1-4H3,(H,43,44);5-15,18-19,29,34,47H,1,3-4,16-17,20-22H2,2H3,(H,42,43)/t27-,33-;29-,34-/m00/s1. The van der Waals surface area contributed by atoms with Crippen molar-refractivity contribution in [2.75, 3.05) is 89.5 Å². The number of nitrogens with one attached hydrogen (secondary N) is 2. The number of amides is 4. The van der Waals surface area contributed by atoms with E-state index in [0.717, 1.165) is 45.6 Å². The molecule has 14 rings (SSSR count). The SMILES string of the molecule is C=C(O)CCc1ccc(-c2ccc(N3C[C@@H]4CN(CC5=C(C(=O)OC)[C@H](c6ccc(F)cc6Cl)N=C(c6nccs6)N5)CCN4C3=O)cc2)cc1.COC(=O)C1=C(CN2CCN3C(=O)N(c4ccc(-c5ccc(C(C)(C)C(C)=O)cc5)nc4)C[C@@H]3C2)NC(c2nccs2)=N[C@H]1c1ccc(F)cc1Cl. The summed E-state index contributed by atoms with van der Waals surface area (Å²) in [4.78, 5) is 101. The van der Waals surface area contributed by atoms with E-state index in [2.05, 4.69) is 66.2 Å². The summed E-state index contributed by atoms with van der Waals surface area (Å²) < 4.78 is 38.6. The molecule has 5 aromatic carbocycles. The van der Waals surface area contributed by atoms with Gasteiger partial charge in [0.2, 0.25) is 0 Å². The maximum absolute atomic E-state index is 14.1. The first kappa shape index (κ1) is 71.4. The molecule has 6 aliphatic heterocycles. The summed E-state index contributed by atoms with van der Waals surface area (Å²) in [6.07, 6.45) is 6.33. The summed E-state index contributed by atoms with van der Waals surface area (Å²) in [6, 6.07) is 34.0. The fourth-order valence-corrected chi connectivity index (χ4v) is 15.3. The molecule has 6 aliphatic rings. The van der Waals surface area contributed by atoms with Gasteiger partial charge in [-0.2, -0.15) is 0 Å². The average Bonchev–Trinajstić information content (AvgIpc) is 1.66. The van der Waals surface area contributed by atoms with Gasteiger partial charge in [-0.3, -0.25) is 39.4 Å². The predicted molar refractivity (Wildman–Crippen MR) is 395 cm³/mol. The Labute approximate surface area is 612 Å². The van der Waals surface area contributed by atoms with Gasteiger partial charge in [0.25, 0.3) is 0 Å². The number of hydrogen-bond donors (Lipinski definition) is 3. The highest BCUT2D eigenvalue weighted by Gasteiger charge is 2.45. The van der Waals surface area contributed by atoms with E-state index in [1.54, 1.807) is 30.4 Å². The Morgan fingerprint density at radius 2 is 1.09 bits per heavy atom. The van der Waals surface area contributed by atoms with Gasteiger partial charge in [-0.05, 0) is 98.0 Å². The van der Waals surface area contributed by atoms with E-state index in [1.807, 2.05) is 100.0 Å². The molecule has 4 amide bonds. The summed E-state index contributed by atoms with van der Waals surface area (Å²) in [5, 5.41) is 21.3. The highest BCUT2D eigenvalue weighted by molar-refractivity contribution is 7.12. The second kappa shape index (κ2) is 30.5. The maximum Gasteiger partial charge on any atom is 0.338 e. The number of anilines is 2. The number of Topliss-reactive ketones (excluding diaryl/α,β-unsaturated/α-hetero) is 1. The molecule has 4 atom stereocenters. The molecular weight excluding hydrogens is 1400 g/mol. The molecule has 0 aliphatic carbocycles. The summed E-state index contributed by atoms with van der Waals surface area (Å²) >= 11 is 15.8. The molecule has 3 aromatic heterocycles. The number of aromatic nitrogens is 3. The molecule has 0 radical (unpaired) electrons. The highest BCUT2D eigenvalue weighted by Crippen LogP contribution is 2.41. The molecule has 0 bridgehead atoms. The van der Waals surface area contributed by atoms with E-state index in [9.17, 15) is 37.9 Å². The lowest BCUT2D eigenvalue weighted by Crippen LogP contribution is -2.53. The van der Waals surface area contributed by atoms with E-state index in [0.29, 0.717) is 122 Å². The third-order valence-electron chi connectivity index (χ3n) is 19.5. The number of aliphatic hydroxyl groups is 1. The number of urea groups is 2. The first-order chi connectivity index (χ1) is 49.6. The van der Waals surface area contributed by atoms with E-state index >= 15 is 0 Å². The number of allylic oxidation sites excluding steroid dienone is 1. The van der Waals surface area contributed by atoms with E-state index in [1.165, 1.54) is 73.3 Å². The molecule has 3 N–H and O–H groups in total. The molecule has 27 heteroatoms. The van der Waals surface area contributed by atoms with E-state index in [4.69, 9.17) is 42.7 Å². The number of aliphatic imine (C=N–C) groups is 2. The van der Waals surface area contributed by atoms with Gasteiger partial charge in [0.05, 0.1) is 60.8 Å². The van der Waals surface area contributed by atoms with Gasteiger partial charge in [-0.1, -0.05) is 103 Å². The van der Waals surface area contributed by atoms with Crippen molar-refractivity contribution in [3.05, 3.63) is 240 Å². The van der Waals surface area contributed by atoms with Crippen LogP contribution in [0.2, 0.25) is 10.0 Å². The van der Waals surface area contributed by atoms with Gasteiger partial charge in [-0.15, -0.1) is 22.7 Å². The Morgan fingerprint density at radius 3 is 1.51 bits per heavy atom. The Morgan fingerprint density at radius 1 is 0.621 bits per heavy atom.